The van der Waals surface area contributed by atoms with Crippen molar-refractivity contribution in [2.75, 3.05) is 11.5 Å². The van der Waals surface area contributed by atoms with E-state index in [4.69, 9.17) is 5.73 Å². The molecule has 1 aromatic carbocycles. The summed E-state index contributed by atoms with van der Waals surface area (Å²) in [7, 11) is 0. The Hall–Kier alpha value is -1.59. The monoisotopic (exact) mass is 278 g/mol. The predicted octanol–water partition coefficient (Wildman–Crippen LogP) is 2.94. The van der Waals surface area contributed by atoms with Gasteiger partial charge in [0.05, 0.1) is 6.10 Å². The Morgan fingerprint density at radius 2 is 2.11 bits per heavy atom. The number of aromatic nitrogens is 1. The van der Waals surface area contributed by atoms with Gasteiger partial charge in [0.25, 0.3) is 0 Å². The Bertz CT molecular complexity index is 557. The number of aliphatic hydroxyl groups excluding tert-OH is 1. The second kappa shape index (κ2) is 6.04. The standard InChI is InChI=1S/C14H15FN2OS/c1-9-6-7-17-14(16)13(9)11(18)8-19-12-5-3-2-4-10(12)15/h2-7,11,18H,8H2,1H3,(H2,16,17). The Balaban J connectivity index is 2.10. The molecule has 0 aliphatic carbocycles. The highest BCUT2D eigenvalue weighted by molar-refractivity contribution is 7.99. The number of aliphatic hydroxyl groups is 1. The number of nitrogen functional groups attached to an aromatic ring is 1. The molecule has 1 aromatic heterocycles. The first-order valence-corrected chi connectivity index (χ1v) is 6.84. The van der Waals surface area contributed by atoms with Crippen molar-refractivity contribution < 1.29 is 9.50 Å². The molecule has 19 heavy (non-hydrogen) atoms. The van der Waals surface area contributed by atoms with Crippen LogP contribution >= 0.6 is 11.8 Å². The van der Waals surface area contributed by atoms with Crippen LogP contribution in [0.5, 0.6) is 0 Å². The van der Waals surface area contributed by atoms with Gasteiger partial charge in [0.15, 0.2) is 0 Å². The van der Waals surface area contributed by atoms with Crippen molar-refractivity contribution in [1.29, 1.82) is 0 Å². The van der Waals surface area contributed by atoms with Crippen LogP contribution in [0.15, 0.2) is 41.4 Å². The maximum Gasteiger partial charge on any atom is 0.136 e. The highest BCUT2D eigenvalue weighted by Crippen LogP contribution is 2.29. The first-order chi connectivity index (χ1) is 9.09. The smallest absolute Gasteiger partial charge is 0.136 e. The van der Waals surface area contributed by atoms with Crippen LogP contribution in [0.1, 0.15) is 17.2 Å². The molecule has 3 nitrogen and oxygen atoms in total. The highest BCUT2D eigenvalue weighted by atomic mass is 32.2. The average molecular weight is 278 g/mol. The quantitative estimate of drug-likeness (QED) is 0.844. The minimum absolute atomic E-state index is 0.282. The minimum Gasteiger partial charge on any atom is -0.387 e. The Kier molecular flexibility index (Phi) is 4.39. The van der Waals surface area contributed by atoms with E-state index in [1.54, 1.807) is 30.5 Å². The van der Waals surface area contributed by atoms with E-state index in [2.05, 4.69) is 4.98 Å². The molecule has 0 bridgehead atoms. The number of halogens is 1. The number of benzene rings is 1. The maximum atomic E-state index is 13.5. The zero-order valence-corrected chi connectivity index (χ0v) is 11.3. The van der Waals surface area contributed by atoms with Crippen LogP contribution < -0.4 is 5.73 Å². The summed E-state index contributed by atoms with van der Waals surface area (Å²) in [6.45, 7) is 1.87. The van der Waals surface area contributed by atoms with Crippen molar-refractivity contribution in [3.05, 3.63) is 53.5 Å². The number of pyridine rings is 1. The van der Waals surface area contributed by atoms with Crippen molar-refractivity contribution in [3.8, 4) is 0 Å². The lowest BCUT2D eigenvalue weighted by atomic mass is 10.1. The van der Waals surface area contributed by atoms with E-state index in [0.29, 0.717) is 22.0 Å². The summed E-state index contributed by atoms with van der Waals surface area (Å²) >= 11 is 1.26. The highest BCUT2D eigenvalue weighted by Gasteiger charge is 2.15. The van der Waals surface area contributed by atoms with Crippen LogP contribution in [-0.2, 0) is 0 Å². The van der Waals surface area contributed by atoms with Crippen molar-refractivity contribution in [3.63, 3.8) is 0 Å². The van der Waals surface area contributed by atoms with Gasteiger partial charge in [-0.25, -0.2) is 9.37 Å². The molecule has 0 aliphatic rings. The molecule has 1 heterocycles. The second-order valence-corrected chi connectivity index (χ2v) is 5.25. The molecule has 2 aromatic rings. The summed E-state index contributed by atoms with van der Waals surface area (Å²) in [5.74, 6) is 0.370. The van der Waals surface area contributed by atoms with E-state index in [0.717, 1.165) is 5.56 Å². The number of rotatable bonds is 4. The molecule has 0 saturated heterocycles. The van der Waals surface area contributed by atoms with Crippen molar-refractivity contribution in [1.82, 2.24) is 4.98 Å². The van der Waals surface area contributed by atoms with E-state index >= 15 is 0 Å². The van der Waals surface area contributed by atoms with E-state index in [1.807, 2.05) is 6.92 Å². The Labute approximate surface area is 115 Å². The summed E-state index contributed by atoms with van der Waals surface area (Å²) in [6, 6.07) is 8.29. The number of nitrogens with two attached hydrogens (primary N) is 1. The fraction of sp³-hybridized carbons (Fsp3) is 0.214. The van der Waals surface area contributed by atoms with Crippen molar-refractivity contribution in [2.45, 2.75) is 17.9 Å². The fourth-order valence-electron chi connectivity index (χ4n) is 1.84. The van der Waals surface area contributed by atoms with Crippen molar-refractivity contribution in [2.24, 2.45) is 0 Å². The van der Waals surface area contributed by atoms with Crippen LogP contribution in [0.25, 0.3) is 0 Å². The van der Waals surface area contributed by atoms with Crippen LogP contribution in [0, 0.1) is 12.7 Å². The summed E-state index contributed by atoms with van der Waals surface area (Å²) < 4.78 is 13.5. The van der Waals surface area contributed by atoms with E-state index in [9.17, 15) is 9.50 Å². The first kappa shape index (κ1) is 13.8. The van der Waals surface area contributed by atoms with Gasteiger partial charge in [0, 0.05) is 22.4 Å². The molecule has 0 amide bonds. The molecule has 5 heteroatoms. The topological polar surface area (TPSA) is 59.1 Å². The average Bonchev–Trinajstić information content (AvgIpc) is 2.37. The van der Waals surface area contributed by atoms with E-state index in [1.165, 1.54) is 17.8 Å². The molecule has 0 spiro atoms. The molecule has 3 N–H and O–H groups in total. The Morgan fingerprint density at radius 1 is 1.37 bits per heavy atom. The van der Waals surface area contributed by atoms with Gasteiger partial charge in [-0.3, -0.25) is 0 Å². The molecular weight excluding hydrogens is 263 g/mol. The van der Waals surface area contributed by atoms with Crippen LogP contribution in [-0.4, -0.2) is 15.8 Å². The zero-order chi connectivity index (χ0) is 13.8. The molecule has 2 rings (SSSR count). The molecule has 1 unspecified atom stereocenters. The van der Waals surface area contributed by atoms with Gasteiger partial charge in [-0.1, -0.05) is 12.1 Å². The van der Waals surface area contributed by atoms with Gasteiger partial charge in [-0.05, 0) is 30.7 Å². The lowest BCUT2D eigenvalue weighted by Gasteiger charge is -2.15. The molecule has 1 atom stereocenters. The van der Waals surface area contributed by atoms with E-state index < -0.39 is 6.10 Å². The molecule has 0 aliphatic heterocycles. The van der Waals surface area contributed by atoms with Gasteiger partial charge >= 0.3 is 0 Å². The van der Waals surface area contributed by atoms with Gasteiger partial charge in [-0.2, -0.15) is 0 Å². The number of hydrogen-bond acceptors (Lipinski definition) is 4. The van der Waals surface area contributed by atoms with Gasteiger partial charge in [-0.15, -0.1) is 11.8 Å². The summed E-state index contributed by atoms with van der Waals surface area (Å²) in [4.78, 5) is 4.48. The third-order valence-corrected chi connectivity index (χ3v) is 3.93. The fourth-order valence-corrected chi connectivity index (χ4v) is 2.72. The summed E-state index contributed by atoms with van der Waals surface area (Å²) in [5, 5.41) is 10.2. The lowest BCUT2D eigenvalue weighted by molar-refractivity contribution is 0.204. The number of thioether (sulfide) groups is 1. The van der Waals surface area contributed by atoms with Crippen molar-refractivity contribution >= 4 is 17.6 Å². The van der Waals surface area contributed by atoms with Gasteiger partial charge in [0.2, 0.25) is 0 Å². The molecular formula is C14H15FN2OS. The normalized spacial score (nSPS) is 12.4. The predicted molar refractivity (Wildman–Crippen MR) is 75.5 cm³/mol. The molecule has 0 radical (unpaired) electrons. The largest absolute Gasteiger partial charge is 0.387 e. The SMILES string of the molecule is Cc1ccnc(N)c1C(O)CSc1ccccc1F. The zero-order valence-electron chi connectivity index (χ0n) is 10.5. The van der Waals surface area contributed by atoms with Gasteiger partial charge < -0.3 is 10.8 Å². The molecule has 100 valence electrons. The summed E-state index contributed by atoms with van der Waals surface area (Å²) in [6.07, 6.45) is 0.837. The third-order valence-electron chi connectivity index (χ3n) is 2.81. The number of nitrogens with zero attached hydrogens (tertiary/aromatic N) is 1. The molecule has 0 fully saturated rings. The lowest BCUT2D eigenvalue weighted by Crippen LogP contribution is -2.08. The number of hydrogen-bond donors (Lipinski definition) is 2. The van der Waals surface area contributed by atoms with Crippen LogP contribution in [0.3, 0.4) is 0 Å². The summed E-state index contributed by atoms with van der Waals surface area (Å²) in [5.41, 5.74) is 7.27. The Morgan fingerprint density at radius 3 is 2.79 bits per heavy atom. The second-order valence-electron chi connectivity index (χ2n) is 4.18. The minimum atomic E-state index is -0.765. The van der Waals surface area contributed by atoms with Gasteiger partial charge in [0.1, 0.15) is 11.6 Å². The third kappa shape index (κ3) is 3.24. The maximum absolute atomic E-state index is 13.5. The first-order valence-electron chi connectivity index (χ1n) is 5.86. The number of anilines is 1. The van der Waals surface area contributed by atoms with E-state index in [-0.39, 0.29) is 5.82 Å². The molecule has 0 saturated carbocycles. The van der Waals surface area contributed by atoms with Crippen LogP contribution in [0.2, 0.25) is 0 Å². The van der Waals surface area contributed by atoms with Crippen LogP contribution in [0.4, 0.5) is 10.2 Å². The number of aryl methyl sites for hydroxylation is 1.